The van der Waals surface area contributed by atoms with E-state index in [-0.39, 0.29) is 6.10 Å². The summed E-state index contributed by atoms with van der Waals surface area (Å²) < 4.78 is 5.72. The van der Waals surface area contributed by atoms with Crippen LogP contribution in [0.4, 0.5) is 0 Å². The van der Waals surface area contributed by atoms with Gasteiger partial charge >= 0.3 is 0 Å². The van der Waals surface area contributed by atoms with Crippen molar-refractivity contribution in [1.29, 1.82) is 0 Å². The van der Waals surface area contributed by atoms with Crippen molar-refractivity contribution in [3.8, 4) is 0 Å². The molecule has 0 aromatic rings. The third-order valence-electron chi connectivity index (χ3n) is 15.7. The minimum Gasteiger partial charge on any atom is -0.388 e. The molecule has 0 bridgehead atoms. The van der Waals surface area contributed by atoms with Gasteiger partial charge in [0.2, 0.25) is 0 Å². The summed E-state index contributed by atoms with van der Waals surface area (Å²) in [6, 6.07) is 0. The van der Waals surface area contributed by atoms with E-state index in [1.54, 1.807) is 0 Å². The van der Waals surface area contributed by atoms with E-state index in [0.29, 0.717) is 39.6 Å². The molecule has 3 nitrogen and oxygen atoms in total. The van der Waals surface area contributed by atoms with E-state index >= 15 is 0 Å². The van der Waals surface area contributed by atoms with Gasteiger partial charge in [0.25, 0.3) is 0 Å². The summed E-state index contributed by atoms with van der Waals surface area (Å²) >= 11 is 0. The zero-order valence-corrected chi connectivity index (χ0v) is 25.9. The van der Waals surface area contributed by atoms with Gasteiger partial charge in [-0.1, -0.05) is 54.9 Å². The van der Waals surface area contributed by atoms with E-state index in [1.165, 1.54) is 70.6 Å². The lowest BCUT2D eigenvalue weighted by atomic mass is 9.32. The fourth-order valence-electron chi connectivity index (χ4n) is 13.6. The molecule has 1 saturated heterocycles. The summed E-state index contributed by atoms with van der Waals surface area (Å²) in [5.74, 6) is 5.03. The zero-order chi connectivity index (χ0) is 27.3. The van der Waals surface area contributed by atoms with Crippen LogP contribution in [0.15, 0.2) is 0 Å². The molecule has 0 radical (unpaired) electrons. The zero-order valence-electron chi connectivity index (χ0n) is 25.9. The highest BCUT2D eigenvalue weighted by Gasteiger charge is 2.70. The quantitative estimate of drug-likeness (QED) is 0.388. The van der Waals surface area contributed by atoms with Gasteiger partial charge in [0.1, 0.15) is 12.2 Å². The first-order valence-corrected chi connectivity index (χ1v) is 16.8. The van der Waals surface area contributed by atoms with E-state index in [2.05, 4.69) is 48.5 Å². The normalized spacial score (nSPS) is 56.4. The van der Waals surface area contributed by atoms with Crippen LogP contribution >= 0.6 is 0 Å². The predicted molar refractivity (Wildman–Crippen MR) is 155 cm³/mol. The Morgan fingerprint density at radius 1 is 0.737 bits per heavy atom. The van der Waals surface area contributed by atoms with Gasteiger partial charge in [0, 0.05) is 0 Å². The lowest BCUT2D eigenvalue weighted by Gasteiger charge is -2.73. The summed E-state index contributed by atoms with van der Waals surface area (Å²) in [4.78, 5) is 0. The van der Waals surface area contributed by atoms with E-state index in [1.807, 2.05) is 0 Å². The predicted octanol–water partition coefficient (Wildman–Crippen LogP) is 8.01. The van der Waals surface area contributed by atoms with Gasteiger partial charge in [-0.2, -0.15) is 0 Å². The molecule has 0 amide bonds. The first-order chi connectivity index (χ1) is 17.8. The molecular weight excluding hydrogens is 468 g/mol. The Morgan fingerprint density at radius 2 is 1.39 bits per heavy atom. The molecule has 6 fully saturated rings. The van der Waals surface area contributed by atoms with Crippen LogP contribution in [0.3, 0.4) is 0 Å². The monoisotopic (exact) mass is 528 g/mol. The van der Waals surface area contributed by atoms with Gasteiger partial charge in [0.15, 0.2) is 0 Å². The summed E-state index contributed by atoms with van der Waals surface area (Å²) in [5, 5.41) is 20.2. The van der Waals surface area contributed by atoms with Crippen LogP contribution in [0.25, 0.3) is 0 Å². The number of rotatable bonds is 4. The van der Waals surface area contributed by atoms with Crippen molar-refractivity contribution in [1.82, 2.24) is 0 Å². The summed E-state index contributed by atoms with van der Waals surface area (Å²) in [5.41, 5.74) is 2.51. The van der Waals surface area contributed by atoms with Gasteiger partial charge in [-0.25, -0.2) is 0 Å². The Kier molecular flexibility index (Phi) is 6.78. The van der Waals surface area contributed by atoms with E-state index in [0.717, 1.165) is 42.4 Å². The fourth-order valence-corrected chi connectivity index (χ4v) is 13.6. The number of hydrogen-bond acceptors (Lipinski definition) is 3. The Balaban J connectivity index is 1.21. The number of aliphatic hydroxyl groups is 2. The topological polar surface area (TPSA) is 49.7 Å². The molecule has 3 heteroatoms. The molecule has 5 aliphatic carbocycles. The molecule has 6 rings (SSSR count). The number of fused-ring (bicyclic) bond motifs is 7. The van der Waals surface area contributed by atoms with Gasteiger partial charge in [0.05, 0.1) is 12.7 Å². The highest BCUT2D eigenvalue weighted by atomic mass is 16.5. The van der Waals surface area contributed by atoms with Crippen LogP contribution in [-0.2, 0) is 4.74 Å². The molecule has 0 aromatic heterocycles. The summed E-state index contributed by atoms with van der Waals surface area (Å²) in [7, 11) is 0. The Labute approximate surface area is 234 Å². The van der Waals surface area contributed by atoms with Crippen molar-refractivity contribution in [2.24, 2.45) is 62.6 Å². The van der Waals surface area contributed by atoms with Gasteiger partial charge < -0.3 is 14.9 Å². The van der Waals surface area contributed by atoms with Crippen molar-refractivity contribution < 1.29 is 14.9 Å². The maximum Gasteiger partial charge on any atom is 0.108 e. The molecule has 0 aromatic carbocycles. The highest BCUT2D eigenvalue weighted by molar-refractivity contribution is 5.19. The van der Waals surface area contributed by atoms with Crippen molar-refractivity contribution in [3.05, 3.63) is 0 Å². The Bertz CT molecular complexity index is 900. The first-order valence-electron chi connectivity index (χ1n) is 16.8. The Hall–Kier alpha value is -0.120. The summed E-state index contributed by atoms with van der Waals surface area (Å²) in [6.07, 6.45) is 16.3. The first kappa shape index (κ1) is 28.0. The van der Waals surface area contributed by atoms with Crippen molar-refractivity contribution in [2.75, 3.05) is 6.61 Å². The van der Waals surface area contributed by atoms with Crippen LogP contribution < -0.4 is 0 Å². The van der Waals surface area contributed by atoms with Gasteiger partial charge in [-0.05, 0) is 140 Å². The third-order valence-corrected chi connectivity index (χ3v) is 15.7. The molecule has 1 heterocycles. The minimum atomic E-state index is -0.700. The van der Waals surface area contributed by atoms with Crippen LogP contribution in [-0.4, -0.2) is 35.1 Å². The maximum absolute atomic E-state index is 10.3. The molecule has 6 aliphatic rings. The van der Waals surface area contributed by atoms with Gasteiger partial charge in [-0.15, -0.1) is 0 Å². The van der Waals surface area contributed by atoms with E-state index in [4.69, 9.17) is 4.74 Å². The second-order valence-corrected chi connectivity index (χ2v) is 17.3. The second kappa shape index (κ2) is 9.19. The van der Waals surface area contributed by atoms with E-state index < -0.39 is 12.2 Å². The number of ether oxygens (including phenoxy) is 1. The Morgan fingerprint density at radius 3 is 2.05 bits per heavy atom. The molecule has 2 N–H and O–H groups in total. The average Bonchev–Trinajstić information content (AvgIpc) is 3.36. The molecule has 218 valence electrons. The smallest absolute Gasteiger partial charge is 0.108 e. The SMILES string of the molecule is CC(CCC1OCC(O)C1O)[C@H]1CC[C@]2(C)[C@H]3CC[C@@H]4[C@@]5(C)CCCC(C)(C)[C@@H]5CC[C@@]4(C)[C@]3(C)CC[C@@H]12. The lowest BCUT2D eigenvalue weighted by molar-refractivity contribution is -0.241. The lowest BCUT2D eigenvalue weighted by Crippen LogP contribution is -2.65. The summed E-state index contributed by atoms with van der Waals surface area (Å²) in [6.45, 7) is 19.0. The van der Waals surface area contributed by atoms with E-state index in [9.17, 15) is 10.2 Å². The van der Waals surface area contributed by atoms with Crippen molar-refractivity contribution in [2.45, 2.75) is 150 Å². The number of aliphatic hydroxyl groups excluding tert-OH is 2. The van der Waals surface area contributed by atoms with Crippen molar-refractivity contribution >= 4 is 0 Å². The largest absolute Gasteiger partial charge is 0.388 e. The average molecular weight is 529 g/mol. The molecule has 0 spiro atoms. The molecule has 1 aliphatic heterocycles. The second-order valence-electron chi connectivity index (χ2n) is 17.3. The molecule has 13 atom stereocenters. The van der Waals surface area contributed by atoms with Gasteiger partial charge in [-0.3, -0.25) is 0 Å². The highest BCUT2D eigenvalue weighted by Crippen LogP contribution is 2.78. The molecule has 4 unspecified atom stereocenters. The minimum absolute atomic E-state index is 0.175. The molecular formula is C35H60O3. The fraction of sp³-hybridized carbons (Fsp3) is 1.00. The molecule has 5 saturated carbocycles. The third kappa shape index (κ3) is 3.75. The van der Waals surface area contributed by atoms with Crippen molar-refractivity contribution in [3.63, 3.8) is 0 Å². The van der Waals surface area contributed by atoms with Crippen LogP contribution in [0.5, 0.6) is 0 Å². The maximum atomic E-state index is 10.3. The van der Waals surface area contributed by atoms with Crippen LogP contribution in [0.1, 0.15) is 132 Å². The van der Waals surface area contributed by atoms with Crippen LogP contribution in [0.2, 0.25) is 0 Å². The molecule has 38 heavy (non-hydrogen) atoms. The number of hydrogen-bond donors (Lipinski definition) is 2. The van der Waals surface area contributed by atoms with Crippen LogP contribution in [0, 0.1) is 62.6 Å². The standard InChI is InChI=1S/C35H60O3/c1-22(9-10-26-30(37)25(36)21-38-26)23-13-18-32(4)24(23)14-19-34(6)28(32)11-12-29-33(5)17-8-16-31(2,3)27(33)15-20-35(29,34)7/h22-30,36-37H,8-21H2,1-7H3/t22?,23-,24+,25?,26?,27+,28-,29-,30?,32+,33+,34-,35-/m1/s1.